The van der Waals surface area contributed by atoms with Crippen LogP contribution in [0.2, 0.25) is 5.02 Å². The minimum atomic E-state index is -0.358. The van der Waals surface area contributed by atoms with Gasteiger partial charge < -0.3 is 15.2 Å². The molecule has 1 amide bonds. The molecule has 0 spiro atoms. The Balaban J connectivity index is 1.54. The Hall–Kier alpha value is -2.97. The molecule has 1 aliphatic carbocycles. The zero-order valence-electron chi connectivity index (χ0n) is 17.9. The minimum Gasteiger partial charge on any atom is -0.469 e. The monoisotopic (exact) mass is 455 g/mol. The van der Waals surface area contributed by atoms with Gasteiger partial charge in [-0.15, -0.1) is 0 Å². The predicted octanol–water partition coefficient (Wildman–Crippen LogP) is 3.39. The summed E-state index contributed by atoms with van der Waals surface area (Å²) in [6.45, 7) is 0.635. The van der Waals surface area contributed by atoms with E-state index < -0.39 is 0 Å². The van der Waals surface area contributed by atoms with Gasteiger partial charge >= 0.3 is 0 Å². The second kappa shape index (κ2) is 10.1. The van der Waals surface area contributed by atoms with Crippen molar-refractivity contribution < 1.29 is 14.6 Å². The Morgan fingerprint density at radius 1 is 1.25 bits per heavy atom. The lowest BCUT2D eigenvalue weighted by atomic mass is 9.86. The van der Waals surface area contributed by atoms with Crippen molar-refractivity contribution in [1.82, 2.24) is 25.1 Å². The normalized spacial score (nSPS) is 18.3. The average Bonchev–Trinajstić information content (AvgIpc) is 3.22. The van der Waals surface area contributed by atoms with Gasteiger partial charge in [0.2, 0.25) is 5.88 Å². The highest BCUT2D eigenvalue weighted by atomic mass is 35.5. The predicted molar refractivity (Wildman–Crippen MR) is 120 cm³/mol. The smallest absolute Gasteiger partial charge is 0.252 e. The Kier molecular flexibility index (Phi) is 7.02. The van der Waals surface area contributed by atoms with Gasteiger partial charge in [0.1, 0.15) is 12.9 Å². The standard InChI is InChI=1S/C23H26ClN5O3/c1-29-21(27-14-28-29)13-32-23-19(15-6-8-18(24)9-7-15)10-17(12-26-23)22(31)25-11-16-4-2-3-5-20(16)30/h6-10,12,14,16,20,30H,2-5,11,13H2,1H3,(H,25,31). The fourth-order valence-corrected chi connectivity index (χ4v) is 3.99. The van der Waals surface area contributed by atoms with Crippen LogP contribution in [0.15, 0.2) is 42.9 Å². The first-order valence-corrected chi connectivity index (χ1v) is 11.1. The van der Waals surface area contributed by atoms with E-state index in [2.05, 4.69) is 20.4 Å². The number of aliphatic hydroxyl groups is 1. The number of benzene rings is 1. The first-order valence-electron chi connectivity index (χ1n) is 10.7. The molecule has 32 heavy (non-hydrogen) atoms. The van der Waals surface area contributed by atoms with Gasteiger partial charge in [-0.25, -0.2) is 9.97 Å². The minimum absolute atomic E-state index is 0.0883. The van der Waals surface area contributed by atoms with E-state index in [-0.39, 0.29) is 24.5 Å². The van der Waals surface area contributed by atoms with E-state index in [1.54, 1.807) is 29.9 Å². The number of aromatic nitrogens is 4. The molecule has 1 aliphatic rings. The fraction of sp³-hybridized carbons (Fsp3) is 0.391. The molecule has 168 valence electrons. The third-order valence-corrected chi connectivity index (χ3v) is 6.06. The summed E-state index contributed by atoms with van der Waals surface area (Å²) in [4.78, 5) is 21.4. The number of hydrogen-bond acceptors (Lipinski definition) is 6. The topological polar surface area (TPSA) is 102 Å². The number of ether oxygens (including phenoxy) is 1. The number of rotatable bonds is 7. The first kappa shape index (κ1) is 22.2. The molecule has 1 fully saturated rings. The summed E-state index contributed by atoms with van der Waals surface area (Å²) in [7, 11) is 1.79. The summed E-state index contributed by atoms with van der Waals surface area (Å²) >= 11 is 6.04. The molecule has 9 heteroatoms. The summed E-state index contributed by atoms with van der Waals surface area (Å²) in [6.07, 6.45) is 6.43. The highest BCUT2D eigenvalue weighted by molar-refractivity contribution is 6.30. The van der Waals surface area contributed by atoms with Crippen molar-refractivity contribution in [2.45, 2.75) is 38.4 Å². The van der Waals surface area contributed by atoms with Gasteiger partial charge in [-0.2, -0.15) is 5.10 Å². The van der Waals surface area contributed by atoms with Crippen LogP contribution in [0.3, 0.4) is 0 Å². The van der Waals surface area contributed by atoms with Crippen LogP contribution in [0.1, 0.15) is 41.9 Å². The number of carbonyl (C=O) groups is 1. The van der Waals surface area contributed by atoms with E-state index >= 15 is 0 Å². The van der Waals surface area contributed by atoms with Gasteiger partial charge in [0.25, 0.3) is 5.91 Å². The van der Waals surface area contributed by atoms with Crippen LogP contribution in [0, 0.1) is 5.92 Å². The molecule has 0 bridgehead atoms. The molecule has 2 aromatic heterocycles. The van der Waals surface area contributed by atoms with Crippen molar-refractivity contribution in [3.05, 3.63) is 59.3 Å². The van der Waals surface area contributed by atoms with Gasteiger partial charge in [-0.05, 0) is 36.6 Å². The van der Waals surface area contributed by atoms with Crippen LogP contribution >= 0.6 is 11.6 Å². The summed E-state index contributed by atoms with van der Waals surface area (Å²) in [5.74, 6) is 0.895. The van der Waals surface area contributed by atoms with Gasteiger partial charge in [0.15, 0.2) is 5.82 Å². The highest BCUT2D eigenvalue weighted by Crippen LogP contribution is 2.31. The maximum Gasteiger partial charge on any atom is 0.252 e. The quantitative estimate of drug-likeness (QED) is 0.566. The molecule has 1 saturated carbocycles. The summed E-state index contributed by atoms with van der Waals surface area (Å²) in [5, 5.41) is 17.8. The van der Waals surface area contributed by atoms with Gasteiger partial charge in [-0.1, -0.05) is 36.6 Å². The number of amides is 1. The lowest BCUT2D eigenvalue weighted by Crippen LogP contribution is -2.36. The molecule has 0 radical (unpaired) electrons. The SMILES string of the molecule is Cn1ncnc1COc1ncc(C(=O)NCC2CCCCC2O)cc1-c1ccc(Cl)cc1. The molecule has 8 nitrogen and oxygen atoms in total. The Morgan fingerprint density at radius 2 is 2.03 bits per heavy atom. The molecular formula is C23H26ClN5O3. The van der Waals surface area contributed by atoms with Gasteiger partial charge in [0, 0.05) is 36.3 Å². The van der Waals surface area contributed by atoms with E-state index in [1.807, 2.05) is 12.1 Å². The van der Waals surface area contributed by atoms with Crippen molar-refractivity contribution in [3.63, 3.8) is 0 Å². The lowest BCUT2D eigenvalue weighted by molar-refractivity contribution is 0.0663. The van der Waals surface area contributed by atoms with Gasteiger partial charge in [0.05, 0.1) is 11.7 Å². The molecule has 2 unspecified atom stereocenters. The van der Waals surface area contributed by atoms with E-state index in [1.165, 1.54) is 12.5 Å². The van der Waals surface area contributed by atoms with Crippen LogP contribution in [-0.4, -0.2) is 43.4 Å². The number of halogens is 1. The number of aryl methyl sites for hydroxylation is 1. The Morgan fingerprint density at radius 3 is 2.75 bits per heavy atom. The molecular weight excluding hydrogens is 430 g/mol. The molecule has 2 heterocycles. The zero-order chi connectivity index (χ0) is 22.5. The number of hydrogen-bond donors (Lipinski definition) is 2. The molecule has 0 aliphatic heterocycles. The van der Waals surface area contributed by atoms with Crippen LogP contribution in [0.25, 0.3) is 11.1 Å². The van der Waals surface area contributed by atoms with Crippen molar-refractivity contribution in [2.75, 3.05) is 6.54 Å². The summed E-state index contributed by atoms with van der Waals surface area (Å²) in [5.41, 5.74) is 1.92. The largest absolute Gasteiger partial charge is 0.469 e. The number of nitrogens with zero attached hydrogens (tertiary/aromatic N) is 4. The molecule has 0 saturated heterocycles. The Bertz CT molecular complexity index is 1070. The maximum absolute atomic E-state index is 12.8. The van der Waals surface area contributed by atoms with E-state index in [0.29, 0.717) is 34.4 Å². The van der Waals surface area contributed by atoms with Crippen LogP contribution in [-0.2, 0) is 13.7 Å². The second-order valence-corrected chi connectivity index (χ2v) is 8.43. The number of nitrogens with one attached hydrogen (secondary N) is 1. The summed E-state index contributed by atoms with van der Waals surface area (Å²) < 4.78 is 7.55. The first-order chi connectivity index (χ1) is 15.5. The third kappa shape index (κ3) is 5.26. The van der Waals surface area contributed by atoms with Crippen molar-refractivity contribution in [1.29, 1.82) is 0 Å². The molecule has 1 aromatic carbocycles. The zero-order valence-corrected chi connectivity index (χ0v) is 18.6. The summed E-state index contributed by atoms with van der Waals surface area (Å²) in [6, 6.07) is 9.03. The van der Waals surface area contributed by atoms with Crippen molar-refractivity contribution in [3.8, 4) is 17.0 Å². The van der Waals surface area contributed by atoms with E-state index in [0.717, 1.165) is 31.2 Å². The Labute approximate surface area is 191 Å². The third-order valence-electron chi connectivity index (χ3n) is 5.81. The number of pyridine rings is 1. The van der Waals surface area contributed by atoms with Crippen LogP contribution in [0.4, 0.5) is 0 Å². The van der Waals surface area contributed by atoms with Crippen molar-refractivity contribution >= 4 is 17.5 Å². The highest BCUT2D eigenvalue weighted by Gasteiger charge is 2.24. The number of carbonyl (C=O) groups excluding carboxylic acids is 1. The van der Waals surface area contributed by atoms with Crippen molar-refractivity contribution in [2.24, 2.45) is 13.0 Å². The van der Waals surface area contributed by atoms with Crippen LogP contribution < -0.4 is 10.1 Å². The van der Waals surface area contributed by atoms with Crippen LogP contribution in [0.5, 0.6) is 5.88 Å². The maximum atomic E-state index is 12.8. The second-order valence-electron chi connectivity index (χ2n) is 7.99. The average molecular weight is 456 g/mol. The van der Waals surface area contributed by atoms with E-state index in [9.17, 15) is 9.90 Å². The molecule has 4 rings (SSSR count). The lowest BCUT2D eigenvalue weighted by Gasteiger charge is -2.27. The molecule has 3 aromatic rings. The number of aliphatic hydroxyl groups excluding tert-OH is 1. The van der Waals surface area contributed by atoms with Gasteiger partial charge in [-0.3, -0.25) is 9.48 Å². The van der Waals surface area contributed by atoms with E-state index in [4.69, 9.17) is 16.3 Å². The molecule has 2 atom stereocenters. The molecule has 2 N–H and O–H groups in total. The fourth-order valence-electron chi connectivity index (χ4n) is 3.86.